The van der Waals surface area contributed by atoms with Crippen LogP contribution in [0.3, 0.4) is 0 Å². The van der Waals surface area contributed by atoms with E-state index in [1.54, 1.807) is 0 Å². The maximum atomic E-state index is 11.4. The van der Waals surface area contributed by atoms with Crippen LogP contribution in [0.2, 0.25) is 0 Å². The minimum absolute atomic E-state index is 0.0281. The van der Waals surface area contributed by atoms with Crippen LogP contribution in [0.25, 0.3) is 0 Å². The third-order valence-corrected chi connectivity index (χ3v) is 2.04. The highest BCUT2D eigenvalue weighted by atomic mass is 16.5. The van der Waals surface area contributed by atoms with Gasteiger partial charge < -0.3 is 9.47 Å². The van der Waals surface area contributed by atoms with Gasteiger partial charge in [0.15, 0.2) is 12.0 Å². The number of nitriles is 1. The van der Waals surface area contributed by atoms with Gasteiger partial charge in [0.25, 0.3) is 0 Å². The summed E-state index contributed by atoms with van der Waals surface area (Å²) in [4.78, 5) is 22.0. The summed E-state index contributed by atoms with van der Waals surface area (Å²) < 4.78 is 9.49. The van der Waals surface area contributed by atoms with Gasteiger partial charge in [0.2, 0.25) is 0 Å². The summed E-state index contributed by atoms with van der Waals surface area (Å²) >= 11 is 0. The molecule has 0 aliphatic carbocycles. The lowest BCUT2D eigenvalue weighted by Crippen LogP contribution is -2.06. The number of carbonyl (C=O) groups excluding carboxylic acids is 2. The van der Waals surface area contributed by atoms with E-state index in [9.17, 15) is 9.59 Å². The molecule has 0 unspecified atom stereocenters. The van der Waals surface area contributed by atoms with Crippen LogP contribution in [0, 0.1) is 11.3 Å². The summed E-state index contributed by atoms with van der Waals surface area (Å²) in [5, 5.41) is 8.90. The van der Waals surface area contributed by atoms with Crippen molar-refractivity contribution in [1.29, 1.82) is 5.26 Å². The molecule has 0 atom stereocenters. The molecule has 82 valence electrons. The minimum Gasteiger partial charge on any atom is -0.494 e. The number of nitrogens with zero attached hydrogens (tertiary/aromatic N) is 1. The maximum absolute atomic E-state index is 11.4. The van der Waals surface area contributed by atoms with E-state index in [1.165, 1.54) is 26.4 Å². The predicted molar refractivity (Wildman–Crippen MR) is 54.4 cm³/mol. The largest absolute Gasteiger partial charge is 0.494 e. The highest BCUT2D eigenvalue weighted by molar-refractivity contribution is 5.95. The fourth-order valence-corrected chi connectivity index (χ4v) is 1.29. The zero-order valence-electron chi connectivity index (χ0n) is 8.81. The van der Waals surface area contributed by atoms with Crippen molar-refractivity contribution >= 4 is 12.3 Å². The molecule has 0 bridgehead atoms. The third kappa shape index (κ3) is 1.86. The Bertz CT molecular complexity index is 474. The van der Waals surface area contributed by atoms with E-state index in [1.807, 2.05) is 6.07 Å². The van der Waals surface area contributed by atoms with Crippen molar-refractivity contribution in [1.82, 2.24) is 0 Å². The predicted octanol–water partition coefficient (Wildman–Crippen LogP) is 1.17. The Kier molecular flexibility index (Phi) is 3.62. The molecule has 0 fully saturated rings. The number of benzene rings is 1. The van der Waals surface area contributed by atoms with Gasteiger partial charge in [-0.2, -0.15) is 5.26 Å². The van der Waals surface area contributed by atoms with Crippen LogP contribution in [0.15, 0.2) is 12.1 Å². The van der Waals surface area contributed by atoms with Gasteiger partial charge in [-0.15, -0.1) is 0 Å². The average Bonchev–Trinajstić information content (AvgIpc) is 2.35. The Hall–Kier alpha value is -2.35. The first-order valence-electron chi connectivity index (χ1n) is 4.34. The molecule has 0 radical (unpaired) electrons. The lowest BCUT2D eigenvalue weighted by atomic mass is 10.0. The lowest BCUT2D eigenvalue weighted by molar-refractivity contribution is 0.0596. The average molecular weight is 219 g/mol. The molecule has 0 saturated carbocycles. The van der Waals surface area contributed by atoms with Gasteiger partial charge in [0, 0.05) is 5.56 Å². The van der Waals surface area contributed by atoms with E-state index >= 15 is 0 Å². The summed E-state index contributed by atoms with van der Waals surface area (Å²) in [6.07, 6.45) is 0.530. The molecule has 5 heteroatoms. The number of ether oxygens (including phenoxy) is 2. The molecule has 0 spiro atoms. The third-order valence-electron chi connectivity index (χ3n) is 2.04. The first-order chi connectivity index (χ1) is 7.69. The summed E-state index contributed by atoms with van der Waals surface area (Å²) in [5.41, 5.74) is 0.319. The molecule has 0 heterocycles. The van der Waals surface area contributed by atoms with Crippen LogP contribution in [0.5, 0.6) is 5.75 Å². The van der Waals surface area contributed by atoms with Gasteiger partial charge in [0.1, 0.15) is 17.2 Å². The summed E-state index contributed by atoms with van der Waals surface area (Å²) in [6.45, 7) is 0. The molecule has 5 nitrogen and oxygen atoms in total. The van der Waals surface area contributed by atoms with E-state index in [2.05, 4.69) is 4.74 Å². The molecule has 1 aromatic rings. The van der Waals surface area contributed by atoms with Crippen LogP contribution in [-0.4, -0.2) is 26.5 Å². The van der Waals surface area contributed by atoms with Crippen molar-refractivity contribution in [3.63, 3.8) is 0 Å². The highest BCUT2D eigenvalue weighted by Gasteiger charge is 2.19. The zero-order chi connectivity index (χ0) is 12.1. The Balaban J connectivity index is 3.50. The second kappa shape index (κ2) is 4.94. The zero-order valence-corrected chi connectivity index (χ0v) is 8.81. The van der Waals surface area contributed by atoms with E-state index in [0.717, 1.165) is 0 Å². The molecule has 1 aromatic carbocycles. The van der Waals surface area contributed by atoms with Crippen LogP contribution in [0.4, 0.5) is 0 Å². The molecule has 0 aliphatic rings. The molecule has 16 heavy (non-hydrogen) atoms. The molecule has 0 aliphatic heterocycles. The second-order valence-electron chi connectivity index (χ2n) is 2.83. The first-order valence-corrected chi connectivity index (χ1v) is 4.34. The SMILES string of the molecule is COC(=O)c1ccc(C=O)c(C#N)c1OC. The molecule has 0 amide bonds. The number of aldehydes is 1. The lowest BCUT2D eigenvalue weighted by Gasteiger charge is -2.09. The van der Waals surface area contributed by atoms with Gasteiger partial charge in [-0.25, -0.2) is 4.79 Å². The Morgan fingerprint density at radius 1 is 1.44 bits per heavy atom. The number of methoxy groups -OCH3 is 2. The molecule has 1 rings (SSSR count). The number of esters is 1. The Morgan fingerprint density at radius 2 is 2.12 bits per heavy atom. The second-order valence-corrected chi connectivity index (χ2v) is 2.83. The standard InChI is InChI=1S/C11H9NO4/c1-15-10-8(11(14)16-2)4-3-7(6-13)9(10)5-12/h3-4,6H,1-2H3. The minimum atomic E-state index is -0.620. The molecule has 0 saturated heterocycles. The monoisotopic (exact) mass is 219 g/mol. The van der Waals surface area contributed by atoms with Crippen molar-refractivity contribution in [2.24, 2.45) is 0 Å². The normalized spacial score (nSPS) is 9.06. The number of hydrogen-bond donors (Lipinski definition) is 0. The van der Waals surface area contributed by atoms with Crippen molar-refractivity contribution in [2.75, 3.05) is 14.2 Å². The molecular weight excluding hydrogens is 210 g/mol. The van der Waals surface area contributed by atoms with Gasteiger partial charge in [-0.1, -0.05) is 0 Å². The first kappa shape index (κ1) is 11.7. The maximum Gasteiger partial charge on any atom is 0.341 e. The topological polar surface area (TPSA) is 76.4 Å². The van der Waals surface area contributed by atoms with Crippen LogP contribution >= 0.6 is 0 Å². The van der Waals surface area contributed by atoms with Gasteiger partial charge in [-0.05, 0) is 12.1 Å². The smallest absolute Gasteiger partial charge is 0.341 e. The van der Waals surface area contributed by atoms with Gasteiger partial charge in [-0.3, -0.25) is 4.79 Å². The van der Waals surface area contributed by atoms with E-state index in [-0.39, 0.29) is 22.4 Å². The quantitative estimate of drug-likeness (QED) is 0.563. The van der Waals surface area contributed by atoms with Crippen LogP contribution < -0.4 is 4.74 Å². The number of carbonyl (C=O) groups is 2. The van der Waals surface area contributed by atoms with Crippen LogP contribution in [-0.2, 0) is 4.74 Å². The van der Waals surface area contributed by atoms with E-state index < -0.39 is 5.97 Å². The Labute approximate surface area is 92.2 Å². The van der Waals surface area contributed by atoms with Crippen molar-refractivity contribution in [2.45, 2.75) is 0 Å². The number of rotatable bonds is 3. The highest BCUT2D eigenvalue weighted by Crippen LogP contribution is 2.26. The van der Waals surface area contributed by atoms with E-state index in [4.69, 9.17) is 10.00 Å². The summed E-state index contributed by atoms with van der Waals surface area (Å²) in [7, 11) is 2.54. The summed E-state index contributed by atoms with van der Waals surface area (Å²) in [6, 6.07) is 4.58. The number of hydrogen-bond acceptors (Lipinski definition) is 5. The van der Waals surface area contributed by atoms with Gasteiger partial charge in [0.05, 0.1) is 14.2 Å². The van der Waals surface area contributed by atoms with Crippen molar-refractivity contribution < 1.29 is 19.1 Å². The molecule has 0 aromatic heterocycles. The van der Waals surface area contributed by atoms with Crippen molar-refractivity contribution in [3.05, 3.63) is 28.8 Å². The Morgan fingerprint density at radius 3 is 2.56 bits per heavy atom. The van der Waals surface area contributed by atoms with Gasteiger partial charge >= 0.3 is 5.97 Å². The summed E-state index contributed by atoms with van der Waals surface area (Å²) in [5.74, 6) is -0.565. The van der Waals surface area contributed by atoms with E-state index in [0.29, 0.717) is 6.29 Å². The molecular formula is C11H9NO4. The fourth-order valence-electron chi connectivity index (χ4n) is 1.29. The fraction of sp³-hybridized carbons (Fsp3) is 0.182. The van der Waals surface area contributed by atoms with Crippen LogP contribution in [0.1, 0.15) is 26.3 Å². The molecule has 0 N–H and O–H groups in total. The van der Waals surface area contributed by atoms with Crippen molar-refractivity contribution in [3.8, 4) is 11.8 Å².